The number of halogens is 1. The number of rotatable bonds is 3. The fourth-order valence-electron chi connectivity index (χ4n) is 2.49. The molecule has 0 saturated carbocycles. The van der Waals surface area contributed by atoms with Crippen LogP contribution in [0.3, 0.4) is 0 Å². The lowest BCUT2D eigenvalue weighted by Crippen LogP contribution is -2.48. The molecule has 1 aromatic carbocycles. The van der Waals surface area contributed by atoms with Crippen LogP contribution in [0.25, 0.3) is 0 Å². The summed E-state index contributed by atoms with van der Waals surface area (Å²) >= 11 is 3.47. The van der Waals surface area contributed by atoms with E-state index in [-0.39, 0.29) is 18.1 Å². The Balaban J connectivity index is 1.90. The van der Waals surface area contributed by atoms with E-state index in [1.54, 1.807) is 0 Å². The number of carbonyl (C=O) groups is 1. The smallest absolute Gasteiger partial charge is 0.238 e. The Morgan fingerprint density at radius 1 is 1.40 bits per heavy atom. The minimum atomic E-state index is 0.0158. The SMILES string of the molecule is Cc1ccc(NC(=O)CN2C[C@@H](C)O[C@@H](C)C2)cc1Br. The van der Waals surface area contributed by atoms with Gasteiger partial charge in [0.1, 0.15) is 0 Å². The summed E-state index contributed by atoms with van der Waals surface area (Å²) in [5.74, 6) is 0.0158. The van der Waals surface area contributed by atoms with Gasteiger partial charge >= 0.3 is 0 Å². The molecular weight excluding hydrogens is 320 g/mol. The number of hydrogen-bond acceptors (Lipinski definition) is 3. The maximum absolute atomic E-state index is 12.1. The van der Waals surface area contributed by atoms with Crippen LogP contribution in [0.4, 0.5) is 5.69 Å². The van der Waals surface area contributed by atoms with E-state index in [1.807, 2.05) is 39.0 Å². The van der Waals surface area contributed by atoms with Crippen LogP contribution in [-0.2, 0) is 9.53 Å². The van der Waals surface area contributed by atoms with E-state index in [9.17, 15) is 4.79 Å². The number of ether oxygens (including phenoxy) is 1. The maximum atomic E-state index is 12.1. The lowest BCUT2D eigenvalue weighted by Gasteiger charge is -2.34. The van der Waals surface area contributed by atoms with Crippen molar-refractivity contribution >= 4 is 27.5 Å². The first-order chi connectivity index (χ1) is 9.44. The number of nitrogens with zero attached hydrogens (tertiary/aromatic N) is 1. The van der Waals surface area contributed by atoms with Gasteiger partial charge in [-0.3, -0.25) is 9.69 Å². The molecule has 4 nitrogen and oxygen atoms in total. The lowest BCUT2D eigenvalue weighted by atomic mass is 10.2. The molecule has 110 valence electrons. The van der Waals surface area contributed by atoms with Gasteiger partial charge in [-0.25, -0.2) is 0 Å². The zero-order valence-electron chi connectivity index (χ0n) is 12.1. The maximum Gasteiger partial charge on any atom is 0.238 e. The number of morpholine rings is 1. The van der Waals surface area contributed by atoms with Gasteiger partial charge in [0, 0.05) is 23.2 Å². The molecule has 2 atom stereocenters. The van der Waals surface area contributed by atoms with Crippen LogP contribution in [0, 0.1) is 6.92 Å². The highest BCUT2D eigenvalue weighted by Crippen LogP contribution is 2.20. The van der Waals surface area contributed by atoms with Gasteiger partial charge in [-0.2, -0.15) is 0 Å². The van der Waals surface area contributed by atoms with E-state index in [0.717, 1.165) is 28.8 Å². The largest absolute Gasteiger partial charge is 0.373 e. The summed E-state index contributed by atoms with van der Waals surface area (Å²) in [6.07, 6.45) is 0.361. The first-order valence-electron chi connectivity index (χ1n) is 6.88. The number of anilines is 1. The van der Waals surface area contributed by atoms with Crippen molar-refractivity contribution in [3.63, 3.8) is 0 Å². The standard InChI is InChI=1S/C15H21BrN2O2/c1-10-4-5-13(6-14(10)16)17-15(19)9-18-7-11(2)20-12(3)8-18/h4-6,11-12H,7-9H2,1-3H3,(H,17,19)/t11-,12+. The van der Waals surface area contributed by atoms with Crippen LogP contribution in [-0.4, -0.2) is 42.6 Å². The molecule has 1 aliphatic heterocycles. The Hall–Kier alpha value is -0.910. The second kappa shape index (κ2) is 6.70. The Bertz CT molecular complexity index is 483. The molecule has 0 aliphatic carbocycles. The van der Waals surface area contributed by atoms with Crippen LogP contribution in [0.2, 0.25) is 0 Å². The highest BCUT2D eigenvalue weighted by Gasteiger charge is 2.23. The van der Waals surface area contributed by atoms with Crippen molar-refractivity contribution in [3.8, 4) is 0 Å². The molecule has 0 bridgehead atoms. The summed E-state index contributed by atoms with van der Waals surface area (Å²) < 4.78 is 6.67. The zero-order valence-corrected chi connectivity index (χ0v) is 13.7. The van der Waals surface area contributed by atoms with Crippen molar-refractivity contribution in [2.75, 3.05) is 25.0 Å². The van der Waals surface area contributed by atoms with Crippen molar-refractivity contribution in [2.24, 2.45) is 0 Å². The van der Waals surface area contributed by atoms with Crippen molar-refractivity contribution in [2.45, 2.75) is 33.0 Å². The van der Waals surface area contributed by atoms with Crippen molar-refractivity contribution in [1.29, 1.82) is 0 Å². The average Bonchev–Trinajstić information content (AvgIpc) is 2.32. The lowest BCUT2D eigenvalue weighted by molar-refractivity contribution is -0.121. The second-order valence-corrected chi connectivity index (χ2v) is 6.32. The quantitative estimate of drug-likeness (QED) is 0.919. The molecule has 5 heteroatoms. The van der Waals surface area contributed by atoms with Gasteiger partial charge in [0.25, 0.3) is 0 Å². The number of benzene rings is 1. The molecule has 20 heavy (non-hydrogen) atoms. The fraction of sp³-hybridized carbons (Fsp3) is 0.533. The molecule has 0 spiro atoms. The highest BCUT2D eigenvalue weighted by molar-refractivity contribution is 9.10. The number of carbonyl (C=O) groups excluding carboxylic acids is 1. The molecular formula is C15H21BrN2O2. The first-order valence-corrected chi connectivity index (χ1v) is 7.67. The van der Waals surface area contributed by atoms with E-state index in [1.165, 1.54) is 0 Å². The molecule has 1 N–H and O–H groups in total. The normalized spacial score (nSPS) is 23.6. The van der Waals surface area contributed by atoms with Gasteiger partial charge in [-0.1, -0.05) is 22.0 Å². The molecule has 1 fully saturated rings. The molecule has 1 saturated heterocycles. The third kappa shape index (κ3) is 4.30. The van der Waals surface area contributed by atoms with Crippen LogP contribution in [0.1, 0.15) is 19.4 Å². The minimum Gasteiger partial charge on any atom is -0.373 e. The molecule has 0 radical (unpaired) electrons. The zero-order chi connectivity index (χ0) is 14.7. The summed E-state index contributed by atoms with van der Waals surface area (Å²) in [6, 6.07) is 5.83. The van der Waals surface area contributed by atoms with Gasteiger partial charge < -0.3 is 10.1 Å². The minimum absolute atomic E-state index is 0.0158. The van der Waals surface area contributed by atoms with Crippen LogP contribution in [0.15, 0.2) is 22.7 Å². The van der Waals surface area contributed by atoms with Crippen molar-refractivity contribution < 1.29 is 9.53 Å². The number of hydrogen-bond donors (Lipinski definition) is 1. The summed E-state index contributed by atoms with van der Waals surface area (Å²) in [7, 11) is 0. The third-order valence-corrected chi connectivity index (χ3v) is 4.17. The van der Waals surface area contributed by atoms with Crippen LogP contribution >= 0.6 is 15.9 Å². The van der Waals surface area contributed by atoms with Gasteiger partial charge in [0.15, 0.2) is 0 Å². The molecule has 0 aromatic heterocycles. The topological polar surface area (TPSA) is 41.6 Å². The third-order valence-electron chi connectivity index (χ3n) is 3.32. The van der Waals surface area contributed by atoms with Gasteiger partial charge in [-0.15, -0.1) is 0 Å². The van der Waals surface area contributed by atoms with Crippen molar-refractivity contribution in [1.82, 2.24) is 4.90 Å². The second-order valence-electron chi connectivity index (χ2n) is 5.46. The summed E-state index contributed by atoms with van der Waals surface area (Å²) in [6.45, 7) is 8.11. The predicted octanol–water partition coefficient (Wildman–Crippen LogP) is 2.81. The van der Waals surface area contributed by atoms with Gasteiger partial charge in [0.2, 0.25) is 5.91 Å². The fourth-order valence-corrected chi connectivity index (χ4v) is 2.87. The molecule has 1 aliphatic rings. The first kappa shape index (κ1) is 15.5. The van der Waals surface area contributed by atoms with Crippen LogP contribution < -0.4 is 5.32 Å². The Morgan fingerprint density at radius 2 is 2.05 bits per heavy atom. The number of nitrogens with one attached hydrogen (secondary N) is 1. The molecule has 0 unspecified atom stereocenters. The number of amides is 1. The van der Waals surface area contributed by atoms with Gasteiger partial charge in [0.05, 0.1) is 18.8 Å². The summed E-state index contributed by atoms with van der Waals surface area (Å²) in [5.41, 5.74) is 1.97. The highest BCUT2D eigenvalue weighted by atomic mass is 79.9. The van der Waals surface area contributed by atoms with E-state index in [4.69, 9.17) is 4.74 Å². The summed E-state index contributed by atoms with van der Waals surface area (Å²) in [4.78, 5) is 14.2. The Morgan fingerprint density at radius 3 is 2.65 bits per heavy atom. The van der Waals surface area contributed by atoms with Gasteiger partial charge in [-0.05, 0) is 38.5 Å². The average molecular weight is 341 g/mol. The van der Waals surface area contributed by atoms with E-state index in [2.05, 4.69) is 26.1 Å². The number of aryl methyl sites for hydroxylation is 1. The van der Waals surface area contributed by atoms with E-state index in [0.29, 0.717) is 6.54 Å². The Labute approximate surface area is 128 Å². The van der Waals surface area contributed by atoms with Crippen LogP contribution in [0.5, 0.6) is 0 Å². The summed E-state index contributed by atoms with van der Waals surface area (Å²) in [5, 5.41) is 2.94. The van der Waals surface area contributed by atoms with E-state index < -0.39 is 0 Å². The van der Waals surface area contributed by atoms with Crippen molar-refractivity contribution in [3.05, 3.63) is 28.2 Å². The monoisotopic (exact) mass is 340 g/mol. The molecule has 1 aromatic rings. The molecule has 1 amide bonds. The molecule has 2 rings (SSSR count). The van der Waals surface area contributed by atoms with E-state index >= 15 is 0 Å². The molecule has 1 heterocycles. The Kier molecular flexibility index (Phi) is 5.18. The predicted molar refractivity (Wildman–Crippen MR) is 84.0 cm³/mol.